The second-order valence-electron chi connectivity index (χ2n) is 2.19. The predicted octanol–water partition coefficient (Wildman–Crippen LogP) is 0.592. The van der Waals surface area contributed by atoms with Crippen molar-refractivity contribution in [3.8, 4) is 0 Å². The molecule has 2 atom stereocenters. The third-order valence-corrected chi connectivity index (χ3v) is 10.4. The zero-order chi connectivity index (χ0) is 10.8. The lowest BCUT2D eigenvalue weighted by atomic mass is 10.4. The minimum absolute atomic E-state index is 0.0271. The van der Waals surface area contributed by atoms with Crippen LogP contribution >= 0.6 is 0 Å². The summed E-state index contributed by atoms with van der Waals surface area (Å²) in [5, 5.41) is 0. The van der Waals surface area contributed by atoms with Crippen LogP contribution in [0.3, 0.4) is 0 Å². The largest absolute Gasteiger partial charge is 0.297 e. The van der Waals surface area contributed by atoms with Crippen LogP contribution in [0.4, 0.5) is 0 Å². The summed E-state index contributed by atoms with van der Waals surface area (Å²) in [5.74, 6) is 0. The van der Waals surface area contributed by atoms with Crippen molar-refractivity contribution in [2.45, 2.75) is 4.90 Å². The van der Waals surface area contributed by atoms with Gasteiger partial charge in [0.1, 0.15) is 7.52 Å². The molecule has 0 radical (unpaired) electrons. The van der Waals surface area contributed by atoms with Gasteiger partial charge in [-0.25, -0.2) is 12.6 Å². The van der Waals surface area contributed by atoms with Gasteiger partial charge in [0.2, 0.25) is 19.0 Å². The van der Waals surface area contributed by atoms with E-state index < -0.39 is 26.5 Å². The SMILES string of the molecule is O=S(O)S(=S)S(=O)(=O)c1ccccc1. The van der Waals surface area contributed by atoms with E-state index in [4.69, 9.17) is 4.55 Å². The zero-order valence-electron chi connectivity index (χ0n) is 6.69. The van der Waals surface area contributed by atoms with E-state index in [1.165, 1.54) is 24.3 Å². The van der Waals surface area contributed by atoms with Gasteiger partial charge in [-0.05, 0) is 23.3 Å². The molecule has 0 saturated heterocycles. The van der Waals surface area contributed by atoms with Gasteiger partial charge in [-0.1, -0.05) is 18.2 Å². The maximum atomic E-state index is 11.5. The van der Waals surface area contributed by atoms with Gasteiger partial charge in [0.25, 0.3) is 0 Å². The first-order valence-electron chi connectivity index (χ1n) is 3.30. The van der Waals surface area contributed by atoms with Gasteiger partial charge in [0, 0.05) is 0 Å². The summed E-state index contributed by atoms with van der Waals surface area (Å²) in [6.07, 6.45) is 0. The van der Waals surface area contributed by atoms with Crippen molar-refractivity contribution in [2.24, 2.45) is 0 Å². The number of hydrogen-bond donors (Lipinski definition) is 1. The Balaban J connectivity index is 3.23. The van der Waals surface area contributed by atoms with Gasteiger partial charge < -0.3 is 0 Å². The van der Waals surface area contributed by atoms with Gasteiger partial charge >= 0.3 is 0 Å². The molecule has 0 heterocycles. The summed E-state index contributed by atoms with van der Waals surface area (Å²) in [4.78, 5) is -0.0271. The second kappa shape index (κ2) is 4.58. The molecule has 0 bridgehead atoms. The number of benzene rings is 1. The average molecular weight is 270 g/mol. The quantitative estimate of drug-likeness (QED) is 0.643. The van der Waals surface area contributed by atoms with E-state index in [-0.39, 0.29) is 4.90 Å². The Morgan fingerprint density at radius 3 is 2.14 bits per heavy atom. The molecule has 0 saturated carbocycles. The van der Waals surface area contributed by atoms with Crippen LogP contribution in [-0.2, 0) is 37.7 Å². The molecule has 0 aliphatic heterocycles. The van der Waals surface area contributed by atoms with Crippen LogP contribution in [0.25, 0.3) is 0 Å². The zero-order valence-corrected chi connectivity index (χ0v) is 9.96. The van der Waals surface area contributed by atoms with Crippen LogP contribution in [0.15, 0.2) is 35.2 Å². The highest BCUT2D eigenvalue weighted by Gasteiger charge is 2.23. The lowest BCUT2D eigenvalue weighted by Crippen LogP contribution is -2.11. The summed E-state index contributed by atoms with van der Waals surface area (Å²) >= 11 is 4.47. The third-order valence-electron chi connectivity index (χ3n) is 1.33. The Bertz CT molecular complexity index is 464. The fourth-order valence-electron chi connectivity index (χ4n) is 0.742. The van der Waals surface area contributed by atoms with Crippen molar-refractivity contribution in [2.75, 3.05) is 0 Å². The molecular formula is C6H6O4S4. The lowest BCUT2D eigenvalue weighted by Gasteiger charge is -2.02. The maximum absolute atomic E-state index is 11.5. The molecule has 0 aliphatic rings. The van der Waals surface area contributed by atoms with Crippen LogP contribution in [0, 0.1) is 0 Å². The fourth-order valence-corrected chi connectivity index (χ4v) is 5.60. The Hall–Kier alpha value is -0.150. The highest BCUT2D eigenvalue weighted by molar-refractivity contribution is 9.05. The van der Waals surface area contributed by atoms with E-state index in [1.807, 2.05) is 0 Å². The van der Waals surface area contributed by atoms with E-state index in [0.717, 1.165) is 0 Å². The Kier molecular flexibility index (Phi) is 3.90. The van der Waals surface area contributed by atoms with Gasteiger partial charge in [-0.2, -0.15) is 0 Å². The van der Waals surface area contributed by atoms with Crippen molar-refractivity contribution in [3.63, 3.8) is 0 Å². The Morgan fingerprint density at radius 1 is 1.21 bits per heavy atom. The molecule has 1 aromatic rings. The van der Waals surface area contributed by atoms with E-state index >= 15 is 0 Å². The minimum atomic E-state index is -3.85. The molecule has 2 unspecified atom stereocenters. The molecular weight excluding hydrogens is 264 g/mol. The number of rotatable bonds is 3. The van der Waals surface area contributed by atoms with Gasteiger partial charge in [0.15, 0.2) is 0 Å². The van der Waals surface area contributed by atoms with Crippen LogP contribution < -0.4 is 0 Å². The molecule has 0 aliphatic carbocycles. The van der Waals surface area contributed by atoms with Crippen LogP contribution in [0.2, 0.25) is 0 Å². The highest BCUT2D eigenvalue weighted by Crippen LogP contribution is 2.15. The Morgan fingerprint density at radius 2 is 1.71 bits per heavy atom. The van der Waals surface area contributed by atoms with Crippen molar-refractivity contribution in [3.05, 3.63) is 30.3 Å². The van der Waals surface area contributed by atoms with Crippen molar-refractivity contribution in [1.29, 1.82) is 0 Å². The van der Waals surface area contributed by atoms with Crippen LogP contribution in [0.1, 0.15) is 0 Å². The maximum Gasteiger partial charge on any atom is 0.247 e. The van der Waals surface area contributed by atoms with Gasteiger partial charge in [0.05, 0.1) is 4.90 Å². The van der Waals surface area contributed by atoms with Crippen LogP contribution in [0.5, 0.6) is 0 Å². The van der Waals surface area contributed by atoms with E-state index in [2.05, 4.69) is 11.2 Å². The molecule has 8 heteroatoms. The monoisotopic (exact) mass is 270 g/mol. The molecule has 14 heavy (non-hydrogen) atoms. The summed E-state index contributed by atoms with van der Waals surface area (Å²) in [6, 6.07) is 7.39. The standard InChI is InChI=1S/C6H6O4S4/c7-12(8)13(11)14(9,10)6-4-2-1-3-5-6/h1-5H,(H,7,8). The predicted molar refractivity (Wildman–Crippen MR) is 59.1 cm³/mol. The smallest absolute Gasteiger partial charge is 0.247 e. The first-order chi connectivity index (χ1) is 6.46. The van der Waals surface area contributed by atoms with Gasteiger partial charge in [-0.3, -0.25) is 4.55 Å². The van der Waals surface area contributed by atoms with E-state index in [1.54, 1.807) is 6.07 Å². The third kappa shape index (κ3) is 2.45. The van der Waals surface area contributed by atoms with Crippen molar-refractivity contribution in [1.82, 2.24) is 0 Å². The number of hydrogen-bond acceptors (Lipinski definition) is 4. The minimum Gasteiger partial charge on any atom is -0.297 e. The topological polar surface area (TPSA) is 71.4 Å². The molecule has 0 fully saturated rings. The summed E-state index contributed by atoms with van der Waals surface area (Å²) in [6.45, 7) is 0. The Labute approximate surface area is 89.9 Å². The molecule has 0 aromatic heterocycles. The molecule has 0 spiro atoms. The first kappa shape index (κ1) is 11.9. The van der Waals surface area contributed by atoms with Gasteiger partial charge in [-0.15, -0.1) is 0 Å². The summed E-state index contributed by atoms with van der Waals surface area (Å²) in [7, 11) is -8.37. The second-order valence-corrected chi connectivity index (χ2v) is 11.5. The first-order valence-corrected chi connectivity index (χ1v) is 9.07. The van der Waals surface area contributed by atoms with E-state index in [9.17, 15) is 12.6 Å². The molecule has 4 nitrogen and oxygen atoms in total. The highest BCUT2D eigenvalue weighted by atomic mass is 33.7. The molecule has 1 aromatic carbocycles. The van der Waals surface area contributed by atoms with Crippen molar-refractivity contribution >= 4 is 37.7 Å². The molecule has 0 amide bonds. The lowest BCUT2D eigenvalue weighted by molar-refractivity contribution is 0.581. The summed E-state index contributed by atoms with van der Waals surface area (Å²) < 4.78 is 42.2. The normalized spacial score (nSPS) is 16.1. The van der Waals surface area contributed by atoms with Crippen LogP contribution in [-0.4, -0.2) is 17.2 Å². The summed E-state index contributed by atoms with van der Waals surface area (Å²) in [5.41, 5.74) is 0. The van der Waals surface area contributed by atoms with Crippen molar-refractivity contribution < 1.29 is 17.2 Å². The molecule has 1 N–H and O–H groups in total. The molecule has 1 rings (SSSR count). The molecule has 78 valence electrons. The average Bonchev–Trinajstić information content (AvgIpc) is 2.18. The fraction of sp³-hybridized carbons (Fsp3) is 0. The van der Waals surface area contributed by atoms with E-state index in [0.29, 0.717) is 0 Å².